The van der Waals surface area contributed by atoms with Gasteiger partial charge in [-0.3, -0.25) is 4.79 Å². The summed E-state index contributed by atoms with van der Waals surface area (Å²) < 4.78 is 18.1. The second-order valence-electron chi connectivity index (χ2n) is 4.19. The standard InChI is InChI=1S/C12H12FNO4/c1-18-9-3-2-7(6-8(9)13)10(15)14-12(4-5-12)11(16)17/h2-3,6H,4-5H2,1H3,(H,14,15)(H,16,17). The molecule has 5 nitrogen and oxygen atoms in total. The minimum absolute atomic E-state index is 0.0333. The van der Waals surface area contributed by atoms with Crippen LogP contribution in [0.25, 0.3) is 0 Å². The zero-order valence-corrected chi connectivity index (χ0v) is 9.70. The van der Waals surface area contributed by atoms with Crippen molar-refractivity contribution in [3.05, 3.63) is 29.6 Å². The second-order valence-corrected chi connectivity index (χ2v) is 4.19. The van der Waals surface area contributed by atoms with E-state index < -0.39 is 23.2 Å². The highest BCUT2D eigenvalue weighted by atomic mass is 19.1. The summed E-state index contributed by atoms with van der Waals surface area (Å²) >= 11 is 0. The minimum Gasteiger partial charge on any atom is -0.494 e. The van der Waals surface area contributed by atoms with Crippen LogP contribution < -0.4 is 10.1 Å². The fourth-order valence-corrected chi connectivity index (χ4v) is 1.61. The predicted octanol–water partition coefficient (Wildman–Crippen LogP) is 1.18. The molecule has 0 heterocycles. The van der Waals surface area contributed by atoms with Gasteiger partial charge in [-0.1, -0.05) is 0 Å². The number of halogens is 1. The molecule has 18 heavy (non-hydrogen) atoms. The highest BCUT2D eigenvalue weighted by Gasteiger charge is 2.51. The first-order valence-corrected chi connectivity index (χ1v) is 5.38. The SMILES string of the molecule is COc1ccc(C(=O)NC2(C(=O)O)CC2)cc1F. The molecule has 2 N–H and O–H groups in total. The first-order chi connectivity index (χ1) is 8.48. The predicted molar refractivity (Wildman–Crippen MR) is 60.0 cm³/mol. The van der Waals surface area contributed by atoms with Crippen LogP contribution in [0.15, 0.2) is 18.2 Å². The zero-order chi connectivity index (χ0) is 13.3. The molecule has 1 aliphatic carbocycles. The Morgan fingerprint density at radius 3 is 2.56 bits per heavy atom. The fourth-order valence-electron chi connectivity index (χ4n) is 1.61. The van der Waals surface area contributed by atoms with Crippen molar-refractivity contribution in [2.45, 2.75) is 18.4 Å². The van der Waals surface area contributed by atoms with Crippen molar-refractivity contribution in [3.8, 4) is 5.75 Å². The van der Waals surface area contributed by atoms with Crippen LogP contribution in [0.2, 0.25) is 0 Å². The van der Waals surface area contributed by atoms with E-state index in [1.807, 2.05) is 0 Å². The van der Waals surface area contributed by atoms with Crippen molar-refractivity contribution in [1.29, 1.82) is 0 Å². The zero-order valence-electron chi connectivity index (χ0n) is 9.70. The van der Waals surface area contributed by atoms with Gasteiger partial charge in [0.2, 0.25) is 0 Å². The van der Waals surface area contributed by atoms with Crippen LogP contribution in [0.3, 0.4) is 0 Å². The lowest BCUT2D eigenvalue weighted by molar-refractivity contribution is -0.140. The average molecular weight is 253 g/mol. The van der Waals surface area contributed by atoms with Gasteiger partial charge in [0.25, 0.3) is 5.91 Å². The summed E-state index contributed by atoms with van der Waals surface area (Å²) in [5.41, 5.74) is -1.10. The van der Waals surface area contributed by atoms with Gasteiger partial charge >= 0.3 is 5.97 Å². The quantitative estimate of drug-likeness (QED) is 0.844. The fraction of sp³-hybridized carbons (Fsp3) is 0.333. The number of carbonyl (C=O) groups is 2. The van der Waals surface area contributed by atoms with Crippen molar-refractivity contribution >= 4 is 11.9 Å². The van der Waals surface area contributed by atoms with E-state index in [0.717, 1.165) is 6.07 Å². The van der Waals surface area contributed by atoms with E-state index in [0.29, 0.717) is 12.8 Å². The molecule has 0 aromatic heterocycles. The van der Waals surface area contributed by atoms with Gasteiger partial charge in [0, 0.05) is 5.56 Å². The normalized spacial score (nSPS) is 15.9. The number of carbonyl (C=O) groups excluding carboxylic acids is 1. The van der Waals surface area contributed by atoms with Gasteiger partial charge in [-0.2, -0.15) is 0 Å². The van der Waals surface area contributed by atoms with Gasteiger partial charge in [0.15, 0.2) is 11.6 Å². The molecule has 1 saturated carbocycles. The number of rotatable bonds is 4. The number of nitrogens with one attached hydrogen (secondary N) is 1. The maximum Gasteiger partial charge on any atom is 0.329 e. The monoisotopic (exact) mass is 253 g/mol. The maximum absolute atomic E-state index is 13.4. The van der Waals surface area contributed by atoms with E-state index in [-0.39, 0.29) is 11.3 Å². The molecular formula is C12H12FNO4. The van der Waals surface area contributed by atoms with Crippen molar-refractivity contribution in [2.24, 2.45) is 0 Å². The average Bonchev–Trinajstić information content (AvgIpc) is 3.10. The number of aliphatic carboxylic acids is 1. The van der Waals surface area contributed by atoms with Crippen LogP contribution in [0.5, 0.6) is 5.75 Å². The maximum atomic E-state index is 13.4. The number of hydrogen-bond acceptors (Lipinski definition) is 3. The molecular weight excluding hydrogens is 241 g/mol. The van der Waals surface area contributed by atoms with E-state index in [9.17, 15) is 14.0 Å². The Morgan fingerprint density at radius 2 is 2.11 bits per heavy atom. The van der Waals surface area contributed by atoms with Crippen molar-refractivity contribution in [3.63, 3.8) is 0 Å². The Kier molecular flexibility index (Phi) is 2.94. The van der Waals surface area contributed by atoms with Crippen LogP contribution >= 0.6 is 0 Å². The molecule has 0 saturated heterocycles. The molecule has 1 fully saturated rings. The number of benzene rings is 1. The third-order valence-corrected chi connectivity index (χ3v) is 2.93. The summed E-state index contributed by atoms with van der Waals surface area (Å²) in [5.74, 6) is -2.29. The molecule has 0 radical (unpaired) electrons. The van der Waals surface area contributed by atoms with Crippen molar-refractivity contribution in [2.75, 3.05) is 7.11 Å². The highest BCUT2D eigenvalue weighted by molar-refractivity contribution is 5.99. The van der Waals surface area contributed by atoms with E-state index in [4.69, 9.17) is 9.84 Å². The summed E-state index contributed by atoms with van der Waals surface area (Å²) in [4.78, 5) is 22.7. The molecule has 0 atom stereocenters. The molecule has 0 aliphatic heterocycles. The van der Waals surface area contributed by atoms with Crippen LogP contribution in [-0.4, -0.2) is 29.6 Å². The number of methoxy groups -OCH3 is 1. The molecule has 1 aromatic rings. The molecule has 2 rings (SSSR count). The number of ether oxygens (including phenoxy) is 1. The van der Waals surface area contributed by atoms with Gasteiger partial charge < -0.3 is 15.2 Å². The number of carboxylic acids is 1. The molecule has 0 bridgehead atoms. The lowest BCUT2D eigenvalue weighted by atomic mass is 10.1. The Labute approximate surface area is 103 Å². The van der Waals surface area contributed by atoms with Crippen LogP contribution in [0.1, 0.15) is 23.2 Å². The molecule has 6 heteroatoms. The summed E-state index contributed by atoms with van der Waals surface area (Å²) in [5, 5.41) is 11.3. The molecule has 1 aromatic carbocycles. The molecule has 1 amide bonds. The summed E-state index contributed by atoms with van der Waals surface area (Å²) in [6.07, 6.45) is 0.791. The largest absolute Gasteiger partial charge is 0.494 e. The summed E-state index contributed by atoms with van der Waals surface area (Å²) in [7, 11) is 1.32. The van der Waals surface area contributed by atoms with Gasteiger partial charge in [-0.05, 0) is 31.0 Å². The smallest absolute Gasteiger partial charge is 0.329 e. The first kappa shape index (κ1) is 12.3. The number of amides is 1. The summed E-state index contributed by atoms with van der Waals surface area (Å²) in [6, 6.07) is 3.73. The van der Waals surface area contributed by atoms with E-state index >= 15 is 0 Å². The second kappa shape index (κ2) is 4.29. The Bertz CT molecular complexity index is 511. The van der Waals surface area contributed by atoms with Gasteiger partial charge in [-0.15, -0.1) is 0 Å². The van der Waals surface area contributed by atoms with Crippen LogP contribution in [0.4, 0.5) is 4.39 Å². The third-order valence-electron chi connectivity index (χ3n) is 2.93. The summed E-state index contributed by atoms with van der Waals surface area (Å²) in [6.45, 7) is 0. The molecule has 1 aliphatic rings. The molecule has 0 unspecified atom stereocenters. The lowest BCUT2D eigenvalue weighted by Gasteiger charge is -2.12. The molecule has 96 valence electrons. The topological polar surface area (TPSA) is 75.6 Å². The number of carboxylic acid groups (broad SMARTS) is 1. The van der Waals surface area contributed by atoms with E-state index in [2.05, 4.69) is 5.32 Å². The van der Waals surface area contributed by atoms with Crippen LogP contribution in [0, 0.1) is 5.82 Å². The van der Waals surface area contributed by atoms with Gasteiger partial charge in [0.05, 0.1) is 7.11 Å². The molecule has 0 spiro atoms. The van der Waals surface area contributed by atoms with E-state index in [1.165, 1.54) is 19.2 Å². The van der Waals surface area contributed by atoms with E-state index in [1.54, 1.807) is 0 Å². The Morgan fingerprint density at radius 1 is 1.44 bits per heavy atom. The van der Waals surface area contributed by atoms with Gasteiger partial charge in [-0.25, -0.2) is 9.18 Å². The first-order valence-electron chi connectivity index (χ1n) is 5.38. The number of hydrogen-bond donors (Lipinski definition) is 2. The van der Waals surface area contributed by atoms with Crippen LogP contribution in [-0.2, 0) is 4.79 Å². The lowest BCUT2D eigenvalue weighted by Crippen LogP contribution is -2.43. The Balaban J connectivity index is 2.15. The third kappa shape index (κ3) is 2.13. The van der Waals surface area contributed by atoms with Gasteiger partial charge in [0.1, 0.15) is 5.54 Å². The highest BCUT2D eigenvalue weighted by Crippen LogP contribution is 2.35. The minimum atomic E-state index is -1.17. The Hall–Kier alpha value is -2.11. The van der Waals surface area contributed by atoms with Crippen molar-refractivity contribution < 1.29 is 23.8 Å². The van der Waals surface area contributed by atoms with Crippen molar-refractivity contribution in [1.82, 2.24) is 5.32 Å².